The number of phenols is 1. The summed E-state index contributed by atoms with van der Waals surface area (Å²) in [7, 11) is 0. The van der Waals surface area contributed by atoms with E-state index in [-0.39, 0.29) is 11.8 Å². The first-order valence-corrected chi connectivity index (χ1v) is 6.78. The minimum atomic E-state index is -0.0232. The lowest BCUT2D eigenvalue weighted by Gasteiger charge is -2.34. The Hall–Kier alpha value is -1.04. The Bertz CT molecular complexity index is 444. The third-order valence-corrected chi connectivity index (χ3v) is 3.95. The number of nitrogen functional groups attached to an aromatic ring is 1. The molecule has 0 bridgehead atoms. The maximum atomic E-state index is 10.2. The average molecular weight is 312 g/mol. The molecule has 1 fully saturated rings. The summed E-state index contributed by atoms with van der Waals surface area (Å²) < 4.78 is 0.859. The van der Waals surface area contributed by atoms with E-state index in [2.05, 4.69) is 32.7 Å². The Kier molecular flexibility index (Phi) is 4.27. The minimum absolute atomic E-state index is 0.0232. The van der Waals surface area contributed by atoms with Gasteiger partial charge in [0.25, 0.3) is 0 Å². The molecule has 0 aliphatic carbocycles. The zero-order valence-electron chi connectivity index (χ0n) is 10.2. The van der Waals surface area contributed by atoms with Crippen molar-refractivity contribution in [3.8, 4) is 5.75 Å². The second kappa shape index (κ2) is 5.73. The molecular formula is C13H18BrN3O. The number of piperazine rings is 1. The number of hydrogen-bond donors (Lipinski definition) is 3. The lowest BCUT2D eigenvalue weighted by atomic mass is 10.0. The van der Waals surface area contributed by atoms with Crippen LogP contribution >= 0.6 is 15.9 Å². The zero-order valence-corrected chi connectivity index (χ0v) is 11.8. The van der Waals surface area contributed by atoms with E-state index in [1.807, 2.05) is 12.1 Å². The van der Waals surface area contributed by atoms with E-state index in [1.165, 1.54) is 0 Å². The fraction of sp³-hybridized carbons (Fsp3) is 0.385. The summed E-state index contributed by atoms with van der Waals surface area (Å²) in [6.45, 7) is 7.64. The highest BCUT2D eigenvalue weighted by atomic mass is 79.9. The van der Waals surface area contributed by atoms with Gasteiger partial charge in [-0.25, -0.2) is 0 Å². The first kappa shape index (κ1) is 13.4. The number of nitrogens with one attached hydrogen (secondary N) is 1. The number of hydrogen-bond acceptors (Lipinski definition) is 4. The Balaban J connectivity index is 2.37. The van der Waals surface area contributed by atoms with Gasteiger partial charge in [0.05, 0.1) is 11.7 Å². The Labute approximate surface area is 116 Å². The fourth-order valence-electron chi connectivity index (χ4n) is 2.29. The van der Waals surface area contributed by atoms with Gasteiger partial charge in [-0.05, 0) is 12.1 Å². The number of anilines is 1. The maximum absolute atomic E-state index is 10.2. The highest BCUT2D eigenvalue weighted by molar-refractivity contribution is 9.10. The van der Waals surface area contributed by atoms with Crippen LogP contribution in [0.15, 0.2) is 29.3 Å². The number of nitrogens with zero attached hydrogens (tertiary/aromatic N) is 1. The zero-order chi connectivity index (χ0) is 13.1. The lowest BCUT2D eigenvalue weighted by molar-refractivity contribution is 0.200. The number of nitrogens with two attached hydrogens (primary N) is 1. The second-order valence-electron chi connectivity index (χ2n) is 4.37. The van der Waals surface area contributed by atoms with E-state index in [4.69, 9.17) is 5.73 Å². The third kappa shape index (κ3) is 2.53. The van der Waals surface area contributed by atoms with Crippen molar-refractivity contribution < 1.29 is 5.11 Å². The Morgan fingerprint density at radius 2 is 2.11 bits per heavy atom. The van der Waals surface area contributed by atoms with Crippen LogP contribution in [0.4, 0.5) is 5.69 Å². The average Bonchev–Trinajstić information content (AvgIpc) is 2.40. The van der Waals surface area contributed by atoms with Gasteiger partial charge in [-0.15, -0.1) is 6.58 Å². The van der Waals surface area contributed by atoms with Gasteiger partial charge in [-0.1, -0.05) is 22.0 Å². The molecule has 1 aromatic rings. The van der Waals surface area contributed by atoms with E-state index in [0.717, 1.165) is 36.2 Å². The van der Waals surface area contributed by atoms with Crippen LogP contribution in [-0.4, -0.2) is 36.2 Å². The second-order valence-corrected chi connectivity index (χ2v) is 5.22. The normalized spacial score (nSPS) is 18.5. The molecule has 0 amide bonds. The van der Waals surface area contributed by atoms with Gasteiger partial charge in [0, 0.05) is 36.2 Å². The van der Waals surface area contributed by atoms with E-state index < -0.39 is 0 Å². The van der Waals surface area contributed by atoms with Crippen molar-refractivity contribution in [2.24, 2.45) is 0 Å². The Morgan fingerprint density at radius 1 is 1.44 bits per heavy atom. The topological polar surface area (TPSA) is 61.5 Å². The van der Waals surface area contributed by atoms with Crippen LogP contribution in [0.5, 0.6) is 5.75 Å². The molecule has 0 unspecified atom stereocenters. The van der Waals surface area contributed by atoms with E-state index >= 15 is 0 Å². The van der Waals surface area contributed by atoms with Crippen LogP contribution in [0.1, 0.15) is 11.6 Å². The predicted octanol–water partition coefficient (Wildman–Crippen LogP) is 1.87. The largest absolute Gasteiger partial charge is 0.505 e. The number of benzene rings is 1. The highest BCUT2D eigenvalue weighted by Gasteiger charge is 2.24. The molecule has 1 aromatic carbocycles. The summed E-state index contributed by atoms with van der Waals surface area (Å²) in [5, 5.41) is 13.5. The van der Waals surface area contributed by atoms with Crippen LogP contribution < -0.4 is 11.1 Å². The van der Waals surface area contributed by atoms with E-state index in [9.17, 15) is 5.11 Å². The van der Waals surface area contributed by atoms with Gasteiger partial charge in [-0.2, -0.15) is 0 Å². The van der Waals surface area contributed by atoms with Crippen molar-refractivity contribution in [2.45, 2.75) is 6.04 Å². The van der Waals surface area contributed by atoms with Gasteiger partial charge in [-0.3, -0.25) is 4.90 Å². The number of aromatic hydroxyl groups is 1. The molecule has 1 aliphatic rings. The molecule has 18 heavy (non-hydrogen) atoms. The standard InChI is InChI=1S/C13H18BrN3O/c1-2-11(17-7-5-16-6-8-17)12-9(14)3-4-10(15)13(12)18/h2-4,11,16,18H,1,5-8,15H2/t11-/m1/s1. The van der Waals surface area contributed by atoms with Gasteiger partial charge in [0.1, 0.15) is 5.75 Å². The quantitative estimate of drug-likeness (QED) is 0.453. The molecule has 1 aliphatic heterocycles. The Morgan fingerprint density at radius 3 is 2.72 bits per heavy atom. The van der Waals surface area contributed by atoms with Crippen LogP contribution in [0, 0.1) is 0 Å². The number of rotatable bonds is 3. The molecule has 98 valence electrons. The van der Waals surface area contributed by atoms with Crippen LogP contribution in [-0.2, 0) is 0 Å². The lowest BCUT2D eigenvalue weighted by Crippen LogP contribution is -2.44. The van der Waals surface area contributed by atoms with Crippen molar-refractivity contribution in [1.82, 2.24) is 10.2 Å². The molecule has 0 spiro atoms. The SMILES string of the molecule is C=C[C@H](c1c(Br)ccc(N)c1O)N1CCNCC1. The minimum Gasteiger partial charge on any atom is -0.505 e. The summed E-state index contributed by atoms with van der Waals surface area (Å²) in [5.74, 6) is 0.146. The van der Waals surface area contributed by atoms with Crippen LogP contribution in [0.25, 0.3) is 0 Å². The van der Waals surface area contributed by atoms with Gasteiger partial charge < -0.3 is 16.2 Å². The monoisotopic (exact) mass is 311 g/mol. The fourth-order valence-corrected chi connectivity index (χ4v) is 2.85. The molecule has 0 radical (unpaired) electrons. The molecule has 4 nitrogen and oxygen atoms in total. The summed E-state index contributed by atoms with van der Waals surface area (Å²) in [5.41, 5.74) is 6.97. The van der Waals surface area contributed by atoms with Gasteiger partial charge >= 0.3 is 0 Å². The summed E-state index contributed by atoms with van der Waals surface area (Å²) in [6, 6.07) is 3.54. The number of halogens is 1. The predicted molar refractivity (Wildman–Crippen MR) is 77.6 cm³/mol. The molecule has 4 N–H and O–H groups in total. The molecule has 1 atom stereocenters. The van der Waals surface area contributed by atoms with Crippen LogP contribution in [0.3, 0.4) is 0 Å². The highest BCUT2D eigenvalue weighted by Crippen LogP contribution is 2.39. The first-order valence-electron chi connectivity index (χ1n) is 5.99. The van der Waals surface area contributed by atoms with Crippen molar-refractivity contribution in [1.29, 1.82) is 0 Å². The van der Waals surface area contributed by atoms with E-state index in [0.29, 0.717) is 5.69 Å². The first-order chi connectivity index (χ1) is 8.65. The summed E-state index contributed by atoms with van der Waals surface area (Å²) >= 11 is 3.48. The molecule has 0 saturated carbocycles. The van der Waals surface area contributed by atoms with Gasteiger partial charge in [0.15, 0.2) is 0 Å². The molecular weight excluding hydrogens is 294 g/mol. The molecule has 0 aromatic heterocycles. The molecule has 1 saturated heterocycles. The van der Waals surface area contributed by atoms with E-state index in [1.54, 1.807) is 6.07 Å². The van der Waals surface area contributed by atoms with Crippen molar-refractivity contribution in [2.75, 3.05) is 31.9 Å². The summed E-state index contributed by atoms with van der Waals surface area (Å²) in [4.78, 5) is 2.28. The van der Waals surface area contributed by atoms with Crippen molar-refractivity contribution in [3.63, 3.8) is 0 Å². The molecule has 2 rings (SSSR count). The number of phenolic OH excluding ortho intramolecular Hbond substituents is 1. The molecule has 1 heterocycles. The van der Waals surface area contributed by atoms with Crippen LogP contribution in [0.2, 0.25) is 0 Å². The maximum Gasteiger partial charge on any atom is 0.144 e. The summed E-state index contributed by atoms with van der Waals surface area (Å²) in [6.07, 6.45) is 1.85. The smallest absolute Gasteiger partial charge is 0.144 e. The van der Waals surface area contributed by atoms with Crippen molar-refractivity contribution in [3.05, 3.63) is 34.8 Å². The molecule has 5 heteroatoms. The van der Waals surface area contributed by atoms with Crippen molar-refractivity contribution >= 4 is 21.6 Å². The third-order valence-electron chi connectivity index (χ3n) is 3.26. The van der Waals surface area contributed by atoms with Gasteiger partial charge in [0.2, 0.25) is 0 Å².